The number of rotatable bonds is 2. The highest BCUT2D eigenvalue weighted by atomic mass is 16.5. The van der Waals surface area contributed by atoms with Crippen molar-refractivity contribution in [2.45, 2.75) is 45.1 Å². The van der Waals surface area contributed by atoms with Crippen LogP contribution in [0.2, 0.25) is 0 Å². The number of ether oxygens (including phenoxy) is 1. The van der Waals surface area contributed by atoms with E-state index in [-0.39, 0.29) is 6.10 Å². The molecule has 2 atom stereocenters. The lowest BCUT2D eigenvalue weighted by atomic mass is 10.0. The third-order valence-electron chi connectivity index (χ3n) is 2.76. The molecule has 0 aromatic carbocycles. The van der Waals surface area contributed by atoms with Gasteiger partial charge in [-0.25, -0.2) is 4.98 Å². The molecular weight excluding hydrogens is 178 g/mol. The second-order valence-corrected chi connectivity index (χ2v) is 4.20. The van der Waals surface area contributed by atoms with Crippen molar-refractivity contribution in [3.05, 3.63) is 11.6 Å². The molecule has 0 radical (unpaired) electrons. The van der Waals surface area contributed by atoms with Crippen LogP contribution in [0.25, 0.3) is 0 Å². The maximum absolute atomic E-state index is 5.50. The summed E-state index contributed by atoms with van der Waals surface area (Å²) >= 11 is 0. The summed E-state index contributed by atoms with van der Waals surface area (Å²) in [6.45, 7) is 7.13. The lowest BCUT2D eigenvalue weighted by molar-refractivity contribution is 0.117. The van der Waals surface area contributed by atoms with Gasteiger partial charge in [0.1, 0.15) is 5.82 Å². The van der Waals surface area contributed by atoms with E-state index < -0.39 is 0 Å². The van der Waals surface area contributed by atoms with E-state index in [0.717, 1.165) is 24.7 Å². The molecule has 1 aliphatic heterocycles. The summed E-state index contributed by atoms with van der Waals surface area (Å²) in [6, 6.07) is 0. The summed E-state index contributed by atoms with van der Waals surface area (Å²) in [5, 5.41) is 7.22. The van der Waals surface area contributed by atoms with Crippen LogP contribution >= 0.6 is 0 Å². The van der Waals surface area contributed by atoms with Gasteiger partial charge >= 0.3 is 0 Å². The zero-order valence-electron chi connectivity index (χ0n) is 8.95. The molecule has 14 heavy (non-hydrogen) atoms. The number of nitrogens with zero attached hydrogens (tertiary/aromatic N) is 2. The molecule has 1 aromatic heterocycles. The van der Waals surface area contributed by atoms with Gasteiger partial charge in [0.2, 0.25) is 0 Å². The Morgan fingerprint density at radius 2 is 2.29 bits per heavy atom. The maximum atomic E-state index is 5.50. The molecule has 1 fully saturated rings. The van der Waals surface area contributed by atoms with Gasteiger partial charge in [0.05, 0.1) is 6.10 Å². The highest BCUT2D eigenvalue weighted by Crippen LogP contribution is 2.28. The Kier molecular flexibility index (Phi) is 2.54. The van der Waals surface area contributed by atoms with Gasteiger partial charge in [0.25, 0.3) is 0 Å². The van der Waals surface area contributed by atoms with Crippen LogP contribution in [0, 0.1) is 0 Å². The van der Waals surface area contributed by atoms with Crippen LogP contribution < -0.4 is 0 Å². The van der Waals surface area contributed by atoms with E-state index in [9.17, 15) is 0 Å². The first kappa shape index (κ1) is 9.65. The first-order valence-electron chi connectivity index (χ1n) is 5.22. The zero-order valence-corrected chi connectivity index (χ0v) is 8.95. The van der Waals surface area contributed by atoms with Crippen molar-refractivity contribution in [3.63, 3.8) is 0 Å². The normalized spacial score (nSPS) is 27.4. The summed E-state index contributed by atoms with van der Waals surface area (Å²) in [4.78, 5) is 4.50. The largest absolute Gasteiger partial charge is 0.378 e. The van der Waals surface area contributed by atoms with Crippen LogP contribution in [0.15, 0.2) is 0 Å². The molecule has 2 heterocycles. The quantitative estimate of drug-likeness (QED) is 0.783. The highest BCUT2D eigenvalue weighted by molar-refractivity contribution is 5.04. The molecule has 0 bridgehead atoms. The molecule has 0 spiro atoms. The SMILES string of the molecule is CC(C)c1n[nH]c(C2CCOC2C)n1. The number of aromatic amines is 1. The third kappa shape index (κ3) is 1.66. The van der Waals surface area contributed by atoms with Crippen molar-refractivity contribution in [2.24, 2.45) is 0 Å². The predicted octanol–water partition coefficient (Wildman–Crippen LogP) is 1.82. The molecule has 1 aromatic rings. The number of nitrogens with one attached hydrogen (secondary N) is 1. The molecule has 0 amide bonds. The molecule has 4 heteroatoms. The number of hydrogen-bond acceptors (Lipinski definition) is 3. The third-order valence-corrected chi connectivity index (χ3v) is 2.76. The number of H-pyrrole nitrogens is 1. The van der Waals surface area contributed by atoms with Crippen LogP contribution in [0.1, 0.15) is 50.7 Å². The van der Waals surface area contributed by atoms with Crippen LogP contribution in [-0.4, -0.2) is 27.9 Å². The van der Waals surface area contributed by atoms with E-state index >= 15 is 0 Å². The van der Waals surface area contributed by atoms with Gasteiger partial charge in [-0.3, -0.25) is 5.10 Å². The Balaban J connectivity index is 2.16. The van der Waals surface area contributed by atoms with Gasteiger partial charge in [-0.2, -0.15) is 5.10 Å². The van der Waals surface area contributed by atoms with Crippen LogP contribution in [0.5, 0.6) is 0 Å². The van der Waals surface area contributed by atoms with Crippen molar-refractivity contribution in [1.29, 1.82) is 0 Å². The number of aromatic nitrogens is 3. The van der Waals surface area contributed by atoms with Gasteiger partial charge in [0.15, 0.2) is 5.82 Å². The standard InChI is InChI=1S/C10H17N3O/c1-6(2)9-11-10(13-12-9)8-4-5-14-7(8)3/h6-8H,4-5H2,1-3H3,(H,11,12,13). The molecule has 2 unspecified atom stereocenters. The molecule has 2 rings (SSSR count). The lowest BCUT2D eigenvalue weighted by Crippen LogP contribution is -2.10. The van der Waals surface area contributed by atoms with Crippen molar-refractivity contribution in [3.8, 4) is 0 Å². The lowest BCUT2D eigenvalue weighted by Gasteiger charge is -2.09. The highest BCUT2D eigenvalue weighted by Gasteiger charge is 2.28. The summed E-state index contributed by atoms with van der Waals surface area (Å²) in [5.74, 6) is 2.67. The zero-order chi connectivity index (χ0) is 10.1. The molecule has 4 nitrogen and oxygen atoms in total. The van der Waals surface area contributed by atoms with Crippen LogP contribution in [0.4, 0.5) is 0 Å². The molecule has 0 aliphatic carbocycles. The van der Waals surface area contributed by atoms with Gasteiger partial charge in [-0.1, -0.05) is 13.8 Å². The summed E-state index contributed by atoms with van der Waals surface area (Å²) in [5.41, 5.74) is 0. The molecule has 78 valence electrons. The predicted molar refractivity (Wildman–Crippen MR) is 53.2 cm³/mol. The Hall–Kier alpha value is -0.900. The fourth-order valence-electron chi connectivity index (χ4n) is 1.80. The van der Waals surface area contributed by atoms with Gasteiger partial charge in [-0.15, -0.1) is 0 Å². The number of hydrogen-bond donors (Lipinski definition) is 1. The van der Waals surface area contributed by atoms with Crippen molar-refractivity contribution in [1.82, 2.24) is 15.2 Å². The van der Waals surface area contributed by atoms with Crippen molar-refractivity contribution >= 4 is 0 Å². The van der Waals surface area contributed by atoms with E-state index in [1.54, 1.807) is 0 Å². The van der Waals surface area contributed by atoms with Crippen LogP contribution in [-0.2, 0) is 4.74 Å². The Morgan fingerprint density at radius 3 is 2.79 bits per heavy atom. The summed E-state index contributed by atoms with van der Waals surface area (Å²) < 4.78 is 5.50. The first-order chi connectivity index (χ1) is 6.68. The fourth-order valence-corrected chi connectivity index (χ4v) is 1.80. The van der Waals surface area contributed by atoms with E-state index in [2.05, 4.69) is 36.0 Å². The van der Waals surface area contributed by atoms with E-state index in [4.69, 9.17) is 4.74 Å². The molecular formula is C10H17N3O. The minimum Gasteiger partial charge on any atom is -0.378 e. The Bertz CT molecular complexity index is 308. The average molecular weight is 195 g/mol. The van der Waals surface area contributed by atoms with Gasteiger partial charge in [-0.05, 0) is 13.3 Å². The van der Waals surface area contributed by atoms with Crippen molar-refractivity contribution in [2.75, 3.05) is 6.61 Å². The molecule has 1 saturated heterocycles. The fraction of sp³-hybridized carbons (Fsp3) is 0.800. The van der Waals surface area contributed by atoms with Gasteiger partial charge in [0, 0.05) is 18.4 Å². The smallest absolute Gasteiger partial charge is 0.153 e. The van der Waals surface area contributed by atoms with E-state index in [0.29, 0.717) is 11.8 Å². The Morgan fingerprint density at radius 1 is 1.50 bits per heavy atom. The average Bonchev–Trinajstić information content (AvgIpc) is 2.71. The topological polar surface area (TPSA) is 50.8 Å². The van der Waals surface area contributed by atoms with Crippen molar-refractivity contribution < 1.29 is 4.74 Å². The maximum Gasteiger partial charge on any atom is 0.153 e. The Labute approximate surface area is 84.1 Å². The van der Waals surface area contributed by atoms with Crippen LogP contribution in [0.3, 0.4) is 0 Å². The molecule has 1 aliphatic rings. The summed E-state index contributed by atoms with van der Waals surface area (Å²) in [6.07, 6.45) is 1.32. The van der Waals surface area contributed by atoms with Gasteiger partial charge < -0.3 is 4.74 Å². The molecule has 1 N–H and O–H groups in total. The molecule has 0 saturated carbocycles. The minimum atomic E-state index is 0.267. The monoisotopic (exact) mass is 195 g/mol. The second kappa shape index (κ2) is 3.69. The second-order valence-electron chi connectivity index (χ2n) is 4.20. The van der Waals surface area contributed by atoms with E-state index in [1.165, 1.54) is 0 Å². The minimum absolute atomic E-state index is 0.267. The summed E-state index contributed by atoms with van der Waals surface area (Å²) in [7, 11) is 0. The van der Waals surface area contributed by atoms with E-state index in [1.807, 2.05) is 0 Å². The first-order valence-corrected chi connectivity index (χ1v) is 5.22.